The van der Waals surface area contributed by atoms with E-state index in [1.807, 2.05) is 6.92 Å². The predicted octanol–water partition coefficient (Wildman–Crippen LogP) is 1.37. The van der Waals surface area contributed by atoms with Crippen molar-refractivity contribution in [1.29, 1.82) is 0 Å². The molecule has 0 spiro atoms. The summed E-state index contributed by atoms with van der Waals surface area (Å²) >= 11 is 1.10. The summed E-state index contributed by atoms with van der Waals surface area (Å²) in [6, 6.07) is 0. The molecule has 23 heavy (non-hydrogen) atoms. The predicted molar refractivity (Wildman–Crippen MR) is 87.8 cm³/mol. The number of nitrogens with one attached hydrogen (secondary N) is 1. The number of fused-ring (bicyclic) bond motifs is 1. The Morgan fingerprint density at radius 1 is 1.48 bits per heavy atom. The molecule has 1 atom stereocenters. The van der Waals surface area contributed by atoms with Crippen molar-refractivity contribution >= 4 is 33.4 Å². The summed E-state index contributed by atoms with van der Waals surface area (Å²) < 4.78 is 6.56. The average Bonchev–Trinajstić information content (AvgIpc) is 2.86. The fourth-order valence-electron chi connectivity index (χ4n) is 2.06. The van der Waals surface area contributed by atoms with Crippen molar-refractivity contribution in [3.63, 3.8) is 0 Å². The molecule has 0 aliphatic rings. The zero-order valence-electron chi connectivity index (χ0n) is 13.5. The fraction of sp³-hybridized carbons (Fsp3) is 0.467. The molecule has 0 fully saturated rings. The summed E-state index contributed by atoms with van der Waals surface area (Å²) in [6.07, 6.45) is 1.32. The highest BCUT2D eigenvalue weighted by Gasteiger charge is 2.24. The van der Waals surface area contributed by atoms with E-state index in [2.05, 4.69) is 10.3 Å². The molecule has 0 aromatic carbocycles. The van der Waals surface area contributed by atoms with Crippen molar-refractivity contribution in [2.24, 2.45) is 7.05 Å². The number of aromatic nitrogens is 2. The van der Waals surface area contributed by atoms with Gasteiger partial charge in [0.1, 0.15) is 9.71 Å². The molecule has 2 rings (SSSR count). The number of nitrogens with zero attached hydrogens (tertiary/aromatic N) is 2. The summed E-state index contributed by atoms with van der Waals surface area (Å²) in [7, 11) is 1.60. The van der Waals surface area contributed by atoms with Crippen LogP contribution in [-0.4, -0.2) is 34.1 Å². The van der Waals surface area contributed by atoms with Crippen LogP contribution in [0.15, 0.2) is 11.1 Å². The fourth-order valence-corrected chi connectivity index (χ4v) is 3.09. The molecule has 0 saturated heterocycles. The van der Waals surface area contributed by atoms with Crippen LogP contribution in [-0.2, 0) is 16.6 Å². The second-order valence-corrected chi connectivity index (χ2v) is 6.23. The number of carbonyl (C=O) groups is 2. The van der Waals surface area contributed by atoms with E-state index in [0.717, 1.165) is 17.8 Å². The van der Waals surface area contributed by atoms with Crippen molar-refractivity contribution in [3.8, 4) is 0 Å². The lowest BCUT2D eigenvalue weighted by molar-refractivity contribution is -0.129. The summed E-state index contributed by atoms with van der Waals surface area (Å²) in [4.78, 5) is 41.2. The number of hydrogen-bond donors (Lipinski definition) is 1. The molecule has 1 amide bonds. The van der Waals surface area contributed by atoms with Crippen LogP contribution in [0.2, 0.25) is 0 Å². The molecule has 2 aromatic rings. The Hall–Kier alpha value is -2.22. The maximum absolute atomic E-state index is 12.3. The molecular weight excluding hydrogens is 318 g/mol. The molecule has 0 radical (unpaired) electrons. The first-order chi connectivity index (χ1) is 10.9. The van der Waals surface area contributed by atoms with Gasteiger partial charge in [-0.25, -0.2) is 9.78 Å². The molecular formula is C15H19N3O4S. The highest BCUT2D eigenvalue weighted by atomic mass is 32.1. The molecule has 0 bridgehead atoms. The van der Waals surface area contributed by atoms with Gasteiger partial charge in [0.05, 0.1) is 11.7 Å². The molecule has 7 nitrogen and oxygen atoms in total. The van der Waals surface area contributed by atoms with Crippen molar-refractivity contribution in [3.05, 3.63) is 27.1 Å². The molecule has 1 unspecified atom stereocenters. The van der Waals surface area contributed by atoms with Gasteiger partial charge in [0.25, 0.3) is 11.5 Å². The Balaban J connectivity index is 2.25. The van der Waals surface area contributed by atoms with E-state index in [1.165, 1.54) is 17.8 Å². The largest absolute Gasteiger partial charge is 0.448 e. The van der Waals surface area contributed by atoms with Gasteiger partial charge in [-0.15, -0.1) is 11.3 Å². The lowest BCUT2D eigenvalue weighted by Gasteiger charge is -2.12. The van der Waals surface area contributed by atoms with E-state index in [9.17, 15) is 14.4 Å². The second-order valence-electron chi connectivity index (χ2n) is 5.24. The Bertz CT molecular complexity index is 809. The standard InChI is InChI=1S/C15H19N3O4S/c1-5-6-16-12(19)9(3)22-15(21)11-8(2)10-13(23-11)17-7-18(4)14(10)20/h7,9H,5-6H2,1-4H3,(H,16,19). The van der Waals surface area contributed by atoms with Crippen LogP contribution in [0.5, 0.6) is 0 Å². The molecule has 0 aliphatic heterocycles. The maximum atomic E-state index is 12.3. The third kappa shape index (κ3) is 3.42. The first-order valence-electron chi connectivity index (χ1n) is 7.30. The quantitative estimate of drug-likeness (QED) is 0.832. The maximum Gasteiger partial charge on any atom is 0.349 e. The number of amides is 1. The SMILES string of the molecule is CCCNC(=O)C(C)OC(=O)c1sc2ncn(C)c(=O)c2c1C. The molecule has 8 heteroatoms. The molecule has 2 aromatic heterocycles. The summed E-state index contributed by atoms with van der Waals surface area (Å²) in [5.41, 5.74) is 0.321. The monoisotopic (exact) mass is 337 g/mol. The van der Waals surface area contributed by atoms with Crippen LogP contribution in [0.4, 0.5) is 0 Å². The molecule has 2 heterocycles. The van der Waals surface area contributed by atoms with Gasteiger partial charge in [-0.05, 0) is 25.8 Å². The molecule has 1 N–H and O–H groups in total. The number of rotatable bonds is 5. The summed E-state index contributed by atoms with van der Waals surface area (Å²) in [5.74, 6) is -0.959. The Labute approximate surface area is 137 Å². The number of ether oxygens (including phenoxy) is 1. The lowest BCUT2D eigenvalue weighted by Crippen LogP contribution is -2.36. The number of aryl methyl sites for hydroxylation is 2. The van der Waals surface area contributed by atoms with Crippen LogP contribution in [0.3, 0.4) is 0 Å². The van der Waals surface area contributed by atoms with Crippen LogP contribution in [0.25, 0.3) is 10.2 Å². The van der Waals surface area contributed by atoms with E-state index in [1.54, 1.807) is 14.0 Å². The summed E-state index contributed by atoms with van der Waals surface area (Å²) in [6.45, 7) is 5.66. The minimum absolute atomic E-state index is 0.212. The van der Waals surface area contributed by atoms with Crippen LogP contribution in [0, 0.1) is 6.92 Å². The van der Waals surface area contributed by atoms with Gasteiger partial charge in [0.15, 0.2) is 6.10 Å². The average molecular weight is 337 g/mol. The zero-order valence-corrected chi connectivity index (χ0v) is 14.3. The van der Waals surface area contributed by atoms with Crippen molar-refractivity contribution in [2.75, 3.05) is 6.54 Å². The second kappa shape index (κ2) is 6.91. The Morgan fingerprint density at radius 2 is 2.17 bits per heavy atom. The Kier molecular flexibility index (Phi) is 5.15. The van der Waals surface area contributed by atoms with E-state index in [-0.39, 0.29) is 11.5 Å². The lowest BCUT2D eigenvalue weighted by atomic mass is 10.2. The van der Waals surface area contributed by atoms with Crippen LogP contribution >= 0.6 is 11.3 Å². The van der Waals surface area contributed by atoms with Gasteiger partial charge in [0.2, 0.25) is 0 Å². The van der Waals surface area contributed by atoms with E-state index < -0.39 is 12.1 Å². The van der Waals surface area contributed by atoms with Crippen molar-refractivity contribution in [2.45, 2.75) is 33.3 Å². The first kappa shape index (κ1) is 17.1. The van der Waals surface area contributed by atoms with E-state index >= 15 is 0 Å². The number of hydrogen-bond acceptors (Lipinski definition) is 6. The van der Waals surface area contributed by atoms with E-state index in [0.29, 0.717) is 27.2 Å². The number of carbonyl (C=O) groups excluding carboxylic acids is 2. The van der Waals surface area contributed by atoms with Gasteiger partial charge < -0.3 is 14.6 Å². The first-order valence-corrected chi connectivity index (χ1v) is 8.11. The third-order valence-corrected chi connectivity index (χ3v) is 4.58. The normalized spacial score (nSPS) is 12.2. The smallest absolute Gasteiger partial charge is 0.349 e. The van der Waals surface area contributed by atoms with Gasteiger partial charge in [-0.3, -0.25) is 9.59 Å². The van der Waals surface area contributed by atoms with Crippen LogP contribution in [0.1, 0.15) is 35.5 Å². The van der Waals surface area contributed by atoms with Gasteiger partial charge >= 0.3 is 5.97 Å². The van der Waals surface area contributed by atoms with Gasteiger partial charge in [0, 0.05) is 13.6 Å². The molecule has 124 valence electrons. The van der Waals surface area contributed by atoms with Gasteiger partial charge in [-0.2, -0.15) is 0 Å². The zero-order chi connectivity index (χ0) is 17.1. The minimum Gasteiger partial charge on any atom is -0.448 e. The van der Waals surface area contributed by atoms with Crippen molar-refractivity contribution < 1.29 is 14.3 Å². The van der Waals surface area contributed by atoms with Gasteiger partial charge in [-0.1, -0.05) is 6.92 Å². The highest BCUT2D eigenvalue weighted by molar-refractivity contribution is 7.20. The third-order valence-electron chi connectivity index (χ3n) is 3.40. The topological polar surface area (TPSA) is 90.3 Å². The highest BCUT2D eigenvalue weighted by Crippen LogP contribution is 2.27. The minimum atomic E-state index is -0.894. The van der Waals surface area contributed by atoms with Crippen LogP contribution < -0.4 is 10.9 Å². The number of thiophene rings is 1. The van der Waals surface area contributed by atoms with Crippen molar-refractivity contribution in [1.82, 2.24) is 14.9 Å². The van der Waals surface area contributed by atoms with E-state index in [4.69, 9.17) is 4.74 Å². The Morgan fingerprint density at radius 3 is 2.83 bits per heavy atom. The molecule has 0 saturated carbocycles. The number of esters is 1. The summed E-state index contributed by atoms with van der Waals surface area (Å²) in [5, 5.41) is 3.08. The molecule has 0 aliphatic carbocycles.